The molecule has 1 saturated carbocycles. The lowest BCUT2D eigenvalue weighted by Gasteiger charge is -2.05. The maximum absolute atomic E-state index is 11.3. The van der Waals surface area contributed by atoms with Crippen molar-refractivity contribution in [2.75, 3.05) is 0 Å². The molecule has 1 aliphatic carbocycles. The first kappa shape index (κ1) is 13.4. The van der Waals surface area contributed by atoms with Crippen LogP contribution in [-0.4, -0.2) is 11.6 Å². The minimum absolute atomic E-state index is 0.0681. The number of amidine groups is 1. The normalized spacial score (nSPS) is 25.5. The first-order valence-electron chi connectivity index (χ1n) is 5.74. The van der Waals surface area contributed by atoms with Crippen LogP contribution in [0.2, 0.25) is 0 Å². The van der Waals surface area contributed by atoms with Gasteiger partial charge in [-0.25, -0.2) is 0 Å². The molecule has 3 heteroatoms. The van der Waals surface area contributed by atoms with Crippen molar-refractivity contribution in [2.45, 2.75) is 33.1 Å². The number of ketones is 1. The third-order valence-electron chi connectivity index (χ3n) is 3.24. The molecular weight excluding hydrogens is 212 g/mol. The zero-order chi connectivity index (χ0) is 13.1. The van der Waals surface area contributed by atoms with Crippen molar-refractivity contribution in [3.8, 4) is 0 Å². The molecule has 1 fully saturated rings. The lowest BCUT2D eigenvalue weighted by molar-refractivity contribution is -0.121. The molecule has 92 valence electrons. The summed E-state index contributed by atoms with van der Waals surface area (Å²) in [4.78, 5) is 11.3. The highest BCUT2D eigenvalue weighted by Crippen LogP contribution is 2.59. The topological polar surface area (TPSA) is 66.9 Å². The van der Waals surface area contributed by atoms with Crippen LogP contribution in [0.1, 0.15) is 38.7 Å². The second-order valence-electron chi connectivity index (χ2n) is 4.82. The van der Waals surface area contributed by atoms with Gasteiger partial charge in [0.25, 0.3) is 0 Å². The molecule has 3 N–H and O–H groups in total. The van der Waals surface area contributed by atoms with Gasteiger partial charge in [0.05, 0.1) is 5.84 Å². The zero-order valence-electron chi connectivity index (χ0n) is 10.7. The van der Waals surface area contributed by atoms with Crippen LogP contribution < -0.4 is 5.73 Å². The molecule has 0 aromatic heterocycles. The highest BCUT2D eigenvalue weighted by molar-refractivity contribution is 5.86. The van der Waals surface area contributed by atoms with Crippen LogP contribution in [0.25, 0.3) is 0 Å². The lowest BCUT2D eigenvalue weighted by atomic mass is 9.98. The van der Waals surface area contributed by atoms with Crippen molar-refractivity contribution in [1.29, 1.82) is 5.41 Å². The molecule has 17 heavy (non-hydrogen) atoms. The molecule has 1 aromatic rings. The Bertz CT molecular complexity index is 409. The van der Waals surface area contributed by atoms with Crippen LogP contribution in [0.3, 0.4) is 0 Å². The first-order valence-corrected chi connectivity index (χ1v) is 5.74. The Hall–Kier alpha value is -1.64. The van der Waals surface area contributed by atoms with Gasteiger partial charge in [-0.1, -0.05) is 37.3 Å². The molecule has 0 amide bonds. The van der Waals surface area contributed by atoms with E-state index >= 15 is 0 Å². The van der Waals surface area contributed by atoms with Crippen LogP contribution in [0, 0.1) is 10.8 Å². The largest absolute Gasteiger partial charge is 0.388 e. The van der Waals surface area contributed by atoms with Gasteiger partial charge in [0, 0.05) is 5.41 Å². The van der Waals surface area contributed by atoms with Gasteiger partial charge < -0.3 is 5.73 Å². The molecule has 0 saturated heterocycles. The van der Waals surface area contributed by atoms with Crippen LogP contribution >= 0.6 is 0 Å². The Labute approximate surface area is 103 Å². The highest BCUT2D eigenvalue weighted by Gasteiger charge is 2.54. The Morgan fingerprint density at radius 3 is 2.18 bits per heavy atom. The number of carbonyl (C=O) groups excluding carboxylic acids is 1. The number of hydrogen-bond acceptors (Lipinski definition) is 2. The van der Waals surface area contributed by atoms with Crippen molar-refractivity contribution >= 4 is 11.6 Å². The predicted molar refractivity (Wildman–Crippen MR) is 70.2 cm³/mol. The van der Waals surface area contributed by atoms with E-state index in [0.29, 0.717) is 11.7 Å². The molecule has 2 rings (SSSR count). The maximum atomic E-state index is 11.3. The van der Waals surface area contributed by atoms with E-state index in [9.17, 15) is 4.79 Å². The summed E-state index contributed by atoms with van der Waals surface area (Å²) in [5.74, 6) is 0.951. The summed E-state index contributed by atoms with van der Waals surface area (Å²) in [6.07, 6.45) is 1.02. The second kappa shape index (κ2) is 5.13. The molecule has 0 spiro atoms. The van der Waals surface area contributed by atoms with Crippen molar-refractivity contribution in [3.63, 3.8) is 0 Å². The Balaban J connectivity index is 0.000000317. The van der Waals surface area contributed by atoms with E-state index < -0.39 is 0 Å². The summed E-state index contributed by atoms with van der Waals surface area (Å²) in [6.45, 7) is 5.29. The third-order valence-corrected chi connectivity index (χ3v) is 3.24. The zero-order valence-corrected chi connectivity index (χ0v) is 10.7. The van der Waals surface area contributed by atoms with Gasteiger partial charge in [-0.3, -0.25) is 10.2 Å². The number of nitrogens with one attached hydrogen (secondary N) is 1. The van der Waals surface area contributed by atoms with Crippen molar-refractivity contribution < 1.29 is 4.79 Å². The second-order valence-corrected chi connectivity index (χ2v) is 4.82. The summed E-state index contributed by atoms with van der Waals surface area (Å²) < 4.78 is 0. The van der Waals surface area contributed by atoms with Crippen LogP contribution in [0.4, 0.5) is 0 Å². The summed E-state index contributed by atoms with van der Waals surface area (Å²) in [5, 5.41) is 6.28. The highest BCUT2D eigenvalue weighted by atomic mass is 16.1. The molecule has 2 unspecified atom stereocenters. The van der Waals surface area contributed by atoms with Gasteiger partial charge in [-0.05, 0) is 31.7 Å². The van der Waals surface area contributed by atoms with Crippen LogP contribution in [0.15, 0.2) is 30.3 Å². The van der Waals surface area contributed by atoms with E-state index in [2.05, 4.69) is 19.1 Å². The number of carbonyl (C=O) groups is 1. The predicted octanol–water partition coefficient (Wildman–Crippen LogP) is 2.71. The van der Waals surface area contributed by atoms with Gasteiger partial charge in [0.2, 0.25) is 0 Å². The van der Waals surface area contributed by atoms with E-state index in [1.54, 1.807) is 6.92 Å². The van der Waals surface area contributed by atoms with E-state index in [-0.39, 0.29) is 11.3 Å². The SMILES string of the molecule is CC(=N)N.CC(=O)C1(C)CC1c1ccccc1. The quantitative estimate of drug-likeness (QED) is 0.608. The molecule has 1 aromatic carbocycles. The number of rotatable bonds is 2. The third kappa shape index (κ3) is 3.41. The van der Waals surface area contributed by atoms with Gasteiger partial charge in [0.1, 0.15) is 5.78 Å². The van der Waals surface area contributed by atoms with Gasteiger partial charge >= 0.3 is 0 Å². The summed E-state index contributed by atoms with van der Waals surface area (Å²) in [6, 6.07) is 10.3. The average molecular weight is 232 g/mol. The molecule has 1 aliphatic rings. The fourth-order valence-electron chi connectivity index (χ4n) is 1.93. The average Bonchev–Trinajstić information content (AvgIpc) is 2.93. The molecule has 0 radical (unpaired) electrons. The van der Waals surface area contributed by atoms with Gasteiger partial charge in [-0.2, -0.15) is 0 Å². The number of benzene rings is 1. The lowest BCUT2D eigenvalue weighted by Crippen LogP contribution is -2.08. The molecule has 0 heterocycles. The van der Waals surface area contributed by atoms with E-state index in [4.69, 9.17) is 11.1 Å². The number of nitrogens with two attached hydrogens (primary N) is 1. The Kier molecular flexibility index (Phi) is 4.05. The summed E-state index contributed by atoms with van der Waals surface area (Å²) in [5.41, 5.74) is 5.93. The standard InChI is InChI=1S/C12H14O.C2H6N2/c1-9(13)12(2)8-11(12)10-6-4-3-5-7-10;1-2(3)4/h3-7,11H,8H2,1-2H3;1H3,(H3,3,4). The fourth-order valence-corrected chi connectivity index (χ4v) is 1.93. The van der Waals surface area contributed by atoms with E-state index in [0.717, 1.165) is 6.42 Å². The van der Waals surface area contributed by atoms with Crippen molar-refractivity contribution in [3.05, 3.63) is 35.9 Å². The Morgan fingerprint density at radius 1 is 1.35 bits per heavy atom. The van der Waals surface area contributed by atoms with Gasteiger partial charge in [0.15, 0.2) is 0 Å². The first-order chi connectivity index (χ1) is 7.88. The minimum Gasteiger partial charge on any atom is -0.388 e. The fraction of sp³-hybridized carbons (Fsp3) is 0.429. The molecule has 0 bridgehead atoms. The summed E-state index contributed by atoms with van der Waals surface area (Å²) >= 11 is 0. The number of hydrogen-bond donors (Lipinski definition) is 2. The van der Waals surface area contributed by atoms with Crippen LogP contribution in [-0.2, 0) is 4.79 Å². The smallest absolute Gasteiger partial charge is 0.136 e. The van der Waals surface area contributed by atoms with E-state index in [1.807, 2.05) is 18.2 Å². The van der Waals surface area contributed by atoms with Crippen LogP contribution in [0.5, 0.6) is 0 Å². The maximum Gasteiger partial charge on any atom is 0.136 e. The molecule has 2 atom stereocenters. The molecule has 3 nitrogen and oxygen atoms in total. The van der Waals surface area contributed by atoms with Crippen molar-refractivity contribution in [1.82, 2.24) is 0 Å². The number of Topliss-reactive ketones (excluding diaryl/α,β-unsaturated/α-hetero) is 1. The monoisotopic (exact) mass is 232 g/mol. The molecular formula is C14H20N2O. The van der Waals surface area contributed by atoms with E-state index in [1.165, 1.54) is 12.5 Å². The Morgan fingerprint density at radius 2 is 1.82 bits per heavy atom. The minimum atomic E-state index is -0.0681. The summed E-state index contributed by atoms with van der Waals surface area (Å²) in [7, 11) is 0. The van der Waals surface area contributed by atoms with Crippen molar-refractivity contribution in [2.24, 2.45) is 11.1 Å². The van der Waals surface area contributed by atoms with Gasteiger partial charge in [-0.15, -0.1) is 0 Å². The molecule has 0 aliphatic heterocycles.